The molecule has 0 aliphatic carbocycles. The number of imide groups is 1. The zero-order valence-electron chi connectivity index (χ0n) is 10.4. The van der Waals surface area contributed by atoms with E-state index in [1.54, 1.807) is 26.4 Å². The Balaban J connectivity index is 2.29. The van der Waals surface area contributed by atoms with Gasteiger partial charge in [-0.1, -0.05) is 11.3 Å². The van der Waals surface area contributed by atoms with Crippen LogP contribution in [0.1, 0.15) is 20.7 Å². The predicted molar refractivity (Wildman–Crippen MR) is 66.1 cm³/mol. The Labute approximate surface area is 107 Å². The van der Waals surface area contributed by atoms with E-state index >= 15 is 0 Å². The van der Waals surface area contributed by atoms with E-state index in [1.165, 1.54) is 7.05 Å². The van der Waals surface area contributed by atoms with Crippen LogP contribution in [0.25, 0.3) is 0 Å². The van der Waals surface area contributed by atoms with Gasteiger partial charge in [0.25, 0.3) is 11.8 Å². The van der Waals surface area contributed by atoms with Crippen molar-refractivity contribution >= 4 is 26.5 Å². The van der Waals surface area contributed by atoms with Gasteiger partial charge in [-0.05, 0) is 12.1 Å². The van der Waals surface area contributed by atoms with Crippen LogP contribution in [0.5, 0.6) is 0 Å². The van der Waals surface area contributed by atoms with Crippen LogP contribution < -0.4 is 5.19 Å². The second-order valence-electron chi connectivity index (χ2n) is 3.88. The van der Waals surface area contributed by atoms with Gasteiger partial charge in [-0.2, -0.15) is 0 Å². The maximum Gasteiger partial charge on any atom is 0.261 e. The van der Waals surface area contributed by atoms with E-state index in [0.717, 1.165) is 10.1 Å². The Morgan fingerprint density at radius 3 is 2.33 bits per heavy atom. The number of hydrogen-bond acceptors (Lipinski definition) is 4. The molecule has 0 saturated carbocycles. The first-order valence-electron chi connectivity index (χ1n) is 5.37. The SMILES string of the molecule is COC(OC)[Si]c1ccc2c(c1)C(=O)N(C)C2=O. The average Bonchev–Trinajstić information content (AvgIpc) is 2.61. The van der Waals surface area contributed by atoms with Gasteiger partial charge in [0.1, 0.15) is 5.91 Å². The minimum Gasteiger partial charge on any atom is -0.360 e. The Morgan fingerprint density at radius 1 is 1.11 bits per heavy atom. The fraction of sp³-hybridized carbons (Fsp3) is 0.333. The van der Waals surface area contributed by atoms with Gasteiger partial charge < -0.3 is 9.47 Å². The van der Waals surface area contributed by atoms with Crippen molar-refractivity contribution in [2.24, 2.45) is 0 Å². The zero-order chi connectivity index (χ0) is 13.3. The normalized spacial score (nSPS) is 14.6. The van der Waals surface area contributed by atoms with Crippen LogP contribution in [-0.2, 0) is 9.47 Å². The maximum atomic E-state index is 11.8. The van der Waals surface area contributed by atoms with Gasteiger partial charge in [-0.25, -0.2) is 0 Å². The van der Waals surface area contributed by atoms with Gasteiger partial charge in [0, 0.05) is 21.3 Å². The monoisotopic (exact) mass is 263 g/mol. The van der Waals surface area contributed by atoms with Crippen LogP contribution in [0.3, 0.4) is 0 Å². The summed E-state index contributed by atoms with van der Waals surface area (Å²) in [6, 6.07) is 5.25. The van der Waals surface area contributed by atoms with Crippen LogP contribution in [-0.4, -0.2) is 53.4 Å². The molecule has 18 heavy (non-hydrogen) atoms. The Kier molecular flexibility index (Phi) is 3.60. The summed E-state index contributed by atoms with van der Waals surface area (Å²) < 4.78 is 10.2. The van der Waals surface area contributed by atoms with Gasteiger partial charge in [0.05, 0.1) is 11.1 Å². The number of nitrogens with zero attached hydrogens (tertiary/aromatic N) is 1. The highest BCUT2D eigenvalue weighted by molar-refractivity contribution is 6.54. The van der Waals surface area contributed by atoms with E-state index < -0.39 is 0 Å². The highest BCUT2D eigenvalue weighted by Crippen LogP contribution is 2.19. The molecule has 1 aliphatic heterocycles. The number of fused-ring (bicyclic) bond motifs is 1. The number of methoxy groups -OCH3 is 2. The number of rotatable bonds is 4. The zero-order valence-corrected chi connectivity index (χ0v) is 11.4. The fourth-order valence-electron chi connectivity index (χ4n) is 1.80. The van der Waals surface area contributed by atoms with Crippen LogP contribution in [0.15, 0.2) is 18.2 Å². The average molecular weight is 263 g/mol. The highest BCUT2D eigenvalue weighted by Gasteiger charge is 2.32. The molecule has 1 aliphatic rings. The van der Waals surface area contributed by atoms with Gasteiger partial charge in [-0.15, -0.1) is 0 Å². The summed E-state index contributed by atoms with van der Waals surface area (Å²) in [4.78, 5) is 24.7. The largest absolute Gasteiger partial charge is 0.360 e. The molecule has 1 heterocycles. The van der Waals surface area contributed by atoms with Crippen molar-refractivity contribution in [3.8, 4) is 0 Å². The molecular weight excluding hydrogens is 250 g/mol. The van der Waals surface area contributed by atoms with Crippen LogP contribution >= 0.6 is 0 Å². The van der Waals surface area contributed by atoms with E-state index in [1.807, 2.05) is 6.07 Å². The van der Waals surface area contributed by atoms with Crippen LogP contribution in [0, 0.1) is 0 Å². The molecule has 1 aromatic rings. The molecule has 2 radical (unpaired) electrons. The van der Waals surface area contributed by atoms with E-state index in [0.29, 0.717) is 11.1 Å². The van der Waals surface area contributed by atoms with Gasteiger partial charge >= 0.3 is 0 Å². The molecule has 94 valence electrons. The third-order valence-electron chi connectivity index (χ3n) is 2.80. The predicted octanol–water partition coefficient (Wildman–Crippen LogP) is -0.182. The van der Waals surface area contributed by atoms with Crippen LogP contribution in [0.2, 0.25) is 0 Å². The second kappa shape index (κ2) is 5.01. The molecule has 5 nitrogen and oxygen atoms in total. The minimum absolute atomic E-state index is 0.250. The van der Waals surface area contributed by atoms with Crippen molar-refractivity contribution in [2.75, 3.05) is 21.3 Å². The molecule has 6 heteroatoms. The Morgan fingerprint density at radius 2 is 1.72 bits per heavy atom. The van der Waals surface area contributed by atoms with E-state index in [-0.39, 0.29) is 27.2 Å². The molecule has 0 fully saturated rings. The van der Waals surface area contributed by atoms with Crippen molar-refractivity contribution in [2.45, 2.75) is 5.91 Å². The first kappa shape index (κ1) is 12.9. The lowest BCUT2D eigenvalue weighted by atomic mass is 10.1. The van der Waals surface area contributed by atoms with E-state index in [2.05, 4.69) is 0 Å². The molecule has 0 aromatic heterocycles. The van der Waals surface area contributed by atoms with Crippen molar-refractivity contribution in [3.05, 3.63) is 29.3 Å². The molecule has 0 saturated heterocycles. The summed E-state index contributed by atoms with van der Waals surface area (Å²) in [6.45, 7) is 0. The second-order valence-corrected chi connectivity index (χ2v) is 5.21. The highest BCUT2D eigenvalue weighted by atomic mass is 28.2. The number of hydrogen-bond donors (Lipinski definition) is 0. The molecule has 2 amide bonds. The summed E-state index contributed by atoms with van der Waals surface area (Å²) in [5, 5.41) is 0.930. The topological polar surface area (TPSA) is 55.8 Å². The van der Waals surface area contributed by atoms with Crippen molar-refractivity contribution < 1.29 is 19.1 Å². The van der Waals surface area contributed by atoms with E-state index in [9.17, 15) is 9.59 Å². The van der Waals surface area contributed by atoms with Crippen molar-refractivity contribution in [1.29, 1.82) is 0 Å². The molecule has 0 N–H and O–H groups in total. The smallest absolute Gasteiger partial charge is 0.261 e. The Hall–Kier alpha value is -1.50. The van der Waals surface area contributed by atoms with Crippen molar-refractivity contribution in [3.63, 3.8) is 0 Å². The number of amides is 2. The summed E-state index contributed by atoms with van der Waals surface area (Å²) in [5.41, 5.74) is 0.917. The quantitative estimate of drug-likeness (QED) is 0.429. The lowest BCUT2D eigenvalue weighted by molar-refractivity contribution is -0.0429. The molecule has 0 unspecified atom stereocenters. The van der Waals surface area contributed by atoms with Crippen molar-refractivity contribution in [1.82, 2.24) is 4.90 Å². The molecule has 0 spiro atoms. The number of benzene rings is 1. The fourth-order valence-corrected chi connectivity index (χ4v) is 2.72. The molecule has 2 rings (SSSR count). The third-order valence-corrected chi connectivity index (χ3v) is 4.15. The van der Waals surface area contributed by atoms with Gasteiger partial charge in [0.15, 0.2) is 9.52 Å². The molecule has 0 bridgehead atoms. The Bertz CT molecular complexity index is 499. The lowest BCUT2D eigenvalue weighted by Crippen LogP contribution is -2.31. The summed E-state index contributed by atoms with van der Waals surface area (Å²) in [5.74, 6) is -0.832. The summed E-state index contributed by atoms with van der Waals surface area (Å²) in [7, 11) is 4.89. The van der Waals surface area contributed by atoms with E-state index in [4.69, 9.17) is 9.47 Å². The summed E-state index contributed by atoms with van der Waals surface area (Å²) >= 11 is 0. The number of carbonyl (C=O) groups is 2. The third kappa shape index (κ3) is 2.10. The number of carbonyl (C=O) groups excluding carboxylic acids is 2. The maximum absolute atomic E-state index is 11.8. The molecule has 0 atom stereocenters. The standard InChI is InChI=1S/C12H13NO4Si/c1-13-10(14)8-5-4-7(6-9(8)11(13)15)18-12(16-2)17-3/h4-6,12H,1-3H3. The lowest BCUT2D eigenvalue weighted by Gasteiger charge is -2.12. The number of ether oxygens (including phenoxy) is 2. The first-order valence-corrected chi connectivity index (χ1v) is 6.44. The van der Waals surface area contributed by atoms with Gasteiger partial charge in [0.2, 0.25) is 0 Å². The summed E-state index contributed by atoms with van der Waals surface area (Å²) in [6.07, 6.45) is 0. The van der Waals surface area contributed by atoms with Crippen LogP contribution in [0.4, 0.5) is 0 Å². The molecular formula is C12H13NO4Si. The van der Waals surface area contributed by atoms with Gasteiger partial charge in [-0.3, -0.25) is 14.5 Å². The minimum atomic E-state index is -0.326. The molecule has 1 aromatic carbocycles. The first-order chi connectivity index (χ1) is 8.58.